The van der Waals surface area contributed by atoms with Gasteiger partial charge in [0.05, 0.1) is 17.6 Å². The van der Waals surface area contributed by atoms with E-state index in [4.69, 9.17) is 14.0 Å². The van der Waals surface area contributed by atoms with Gasteiger partial charge < -0.3 is 24.3 Å². The van der Waals surface area contributed by atoms with Gasteiger partial charge in [-0.25, -0.2) is 4.79 Å². The van der Waals surface area contributed by atoms with Crippen molar-refractivity contribution in [2.75, 3.05) is 13.1 Å². The van der Waals surface area contributed by atoms with Crippen LogP contribution in [0.1, 0.15) is 67.2 Å². The highest BCUT2D eigenvalue weighted by atomic mass is 16.7. The van der Waals surface area contributed by atoms with Gasteiger partial charge in [0.15, 0.2) is 0 Å². The summed E-state index contributed by atoms with van der Waals surface area (Å²) in [5, 5.41) is 2.57. The van der Waals surface area contributed by atoms with Gasteiger partial charge in [-0.15, -0.1) is 0 Å². The van der Waals surface area contributed by atoms with Gasteiger partial charge in [0.1, 0.15) is 12.1 Å². The topological polar surface area (TPSA) is 77.1 Å². The molecule has 8 heteroatoms. The average molecular weight is 406 g/mol. The van der Waals surface area contributed by atoms with Crippen LogP contribution in [0.4, 0.5) is 4.79 Å². The minimum atomic E-state index is -0.588. The lowest BCUT2D eigenvalue weighted by molar-refractivity contribution is -0.199. The van der Waals surface area contributed by atoms with Crippen molar-refractivity contribution in [2.24, 2.45) is 17.3 Å². The second kappa shape index (κ2) is 6.87. The Hall–Kier alpha value is -1.28. The molecule has 2 aliphatic heterocycles. The first kappa shape index (κ1) is 21.0. The van der Waals surface area contributed by atoms with Crippen LogP contribution in [0, 0.1) is 17.3 Å². The molecular weight excluding hydrogens is 371 g/mol. The molecule has 2 saturated heterocycles. The van der Waals surface area contributed by atoms with Gasteiger partial charge in [0.25, 0.3) is 0 Å². The highest BCUT2D eigenvalue weighted by Crippen LogP contribution is 2.65. The van der Waals surface area contributed by atoms with E-state index in [0.29, 0.717) is 23.8 Å². The van der Waals surface area contributed by atoms with Crippen molar-refractivity contribution in [1.82, 2.24) is 10.2 Å². The quantitative estimate of drug-likeness (QED) is 0.730. The lowest BCUT2D eigenvalue weighted by Crippen LogP contribution is -2.65. The molecule has 0 aromatic heterocycles. The minimum Gasteiger partial charge on any atom is -0.444 e. The van der Waals surface area contributed by atoms with Gasteiger partial charge >= 0.3 is 13.2 Å². The molecular formula is C21H35BN2O5. The van der Waals surface area contributed by atoms with Crippen molar-refractivity contribution >= 4 is 19.1 Å². The molecule has 5 aliphatic rings. The van der Waals surface area contributed by atoms with Crippen LogP contribution in [0.15, 0.2) is 0 Å². The summed E-state index contributed by atoms with van der Waals surface area (Å²) in [6, 6.07) is 0. The van der Waals surface area contributed by atoms with Gasteiger partial charge in [0.2, 0.25) is 5.91 Å². The SMILES string of the molecule is CC(C)(C)OC(=O)NCC(=O)N1CCCC1B1OC2CC3CC(C3(C)C)C2(C)O1. The normalized spacial score (nSPS) is 37.7. The molecule has 0 aromatic carbocycles. The smallest absolute Gasteiger partial charge is 0.444 e. The standard InChI is InChI=1S/C21H35BN2O5/c1-19(2,3)27-18(26)23-12-17(25)24-9-7-8-16(24)22-28-15-11-13-10-14(20(13,4)5)21(15,6)29-22/h13-16H,7-12H2,1-6H3,(H,23,26). The van der Waals surface area contributed by atoms with Crippen LogP contribution >= 0.6 is 0 Å². The zero-order valence-electron chi connectivity index (χ0n) is 18.6. The van der Waals surface area contributed by atoms with Crippen molar-refractivity contribution in [3.63, 3.8) is 0 Å². The number of nitrogens with one attached hydrogen (secondary N) is 1. The van der Waals surface area contributed by atoms with E-state index < -0.39 is 11.7 Å². The Bertz CT molecular complexity index is 693. The number of carbonyl (C=O) groups excluding carboxylic acids is 2. The van der Waals surface area contributed by atoms with Crippen molar-refractivity contribution in [1.29, 1.82) is 0 Å². The predicted molar refractivity (Wildman–Crippen MR) is 109 cm³/mol. The number of ether oxygens (including phenoxy) is 1. The Morgan fingerprint density at radius 3 is 2.62 bits per heavy atom. The minimum absolute atomic E-state index is 0.0729. The summed E-state index contributed by atoms with van der Waals surface area (Å²) in [5.74, 6) is 0.997. The van der Waals surface area contributed by atoms with Crippen molar-refractivity contribution in [2.45, 2.75) is 90.5 Å². The van der Waals surface area contributed by atoms with Crippen LogP contribution in [-0.4, -0.2) is 60.4 Å². The Morgan fingerprint density at radius 1 is 1.24 bits per heavy atom. The Balaban J connectivity index is 1.37. The summed E-state index contributed by atoms with van der Waals surface area (Å²) < 4.78 is 18.2. The third-order valence-electron chi connectivity index (χ3n) is 7.69. The fourth-order valence-corrected chi connectivity index (χ4v) is 6.01. The number of alkyl carbamates (subject to hydrolysis) is 1. The van der Waals surface area contributed by atoms with E-state index in [-0.39, 0.29) is 37.2 Å². The van der Waals surface area contributed by atoms with Gasteiger partial charge in [-0.2, -0.15) is 0 Å². The van der Waals surface area contributed by atoms with Gasteiger partial charge in [-0.05, 0) is 70.6 Å². The van der Waals surface area contributed by atoms with Crippen LogP contribution in [-0.2, 0) is 18.8 Å². The molecule has 0 aromatic rings. The molecule has 162 valence electrons. The first-order valence-electron chi connectivity index (χ1n) is 11.0. The van der Waals surface area contributed by atoms with Gasteiger partial charge in [0, 0.05) is 6.54 Å². The summed E-state index contributed by atoms with van der Waals surface area (Å²) >= 11 is 0. The molecule has 5 rings (SSSR count). The maximum atomic E-state index is 12.8. The molecule has 5 atom stereocenters. The van der Waals surface area contributed by atoms with Crippen LogP contribution in [0.3, 0.4) is 0 Å². The molecule has 3 aliphatic carbocycles. The summed E-state index contributed by atoms with van der Waals surface area (Å²) in [5.41, 5.74) is -0.559. The molecule has 29 heavy (non-hydrogen) atoms. The second-order valence-corrected chi connectivity index (χ2v) is 11.0. The van der Waals surface area contributed by atoms with Crippen molar-refractivity contribution in [3.8, 4) is 0 Å². The maximum Gasteiger partial charge on any atom is 0.481 e. The fourth-order valence-electron chi connectivity index (χ4n) is 6.01. The molecule has 7 nitrogen and oxygen atoms in total. The third-order valence-corrected chi connectivity index (χ3v) is 7.69. The van der Waals surface area contributed by atoms with Crippen LogP contribution in [0.2, 0.25) is 0 Å². The number of nitrogens with zero attached hydrogens (tertiary/aromatic N) is 1. The summed E-state index contributed by atoms with van der Waals surface area (Å²) in [7, 11) is -0.381. The van der Waals surface area contributed by atoms with E-state index in [0.717, 1.165) is 19.3 Å². The van der Waals surface area contributed by atoms with Crippen LogP contribution in [0.5, 0.6) is 0 Å². The van der Waals surface area contributed by atoms with E-state index in [1.807, 2.05) is 4.90 Å². The largest absolute Gasteiger partial charge is 0.481 e. The third kappa shape index (κ3) is 3.56. The summed E-state index contributed by atoms with van der Waals surface area (Å²) in [4.78, 5) is 26.5. The number of amides is 2. The molecule has 2 bridgehead atoms. The van der Waals surface area contributed by atoms with Gasteiger partial charge in [-0.3, -0.25) is 4.79 Å². The maximum absolute atomic E-state index is 12.8. The van der Waals surface area contributed by atoms with E-state index in [2.05, 4.69) is 26.1 Å². The number of hydrogen-bond acceptors (Lipinski definition) is 5. The Labute approximate surface area is 174 Å². The summed E-state index contributed by atoms with van der Waals surface area (Å²) in [6.07, 6.45) is 3.58. The molecule has 2 heterocycles. The number of rotatable bonds is 3. The Morgan fingerprint density at radius 2 is 1.97 bits per heavy atom. The fraction of sp³-hybridized carbons (Fsp3) is 0.905. The molecule has 0 radical (unpaired) electrons. The Kier molecular flexibility index (Phi) is 4.97. The molecule has 5 fully saturated rings. The first-order chi connectivity index (χ1) is 13.4. The van der Waals surface area contributed by atoms with Crippen LogP contribution in [0.25, 0.3) is 0 Å². The van der Waals surface area contributed by atoms with E-state index in [9.17, 15) is 9.59 Å². The lowest BCUT2D eigenvalue weighted by atomic mass is 9.43. The van der Waals surface area contributed by atoms with Crippen molar-refractivity contribution < 1.29 is 23.6 Å². The summed E-state index contributed by atoms with van der Waals surface area (Å²) in [6.45, 7) is 12.9. The highest BCUT2D eigenvalue weighted by Gasteiger charge is 2.69. The zero-order chi connectivity index (χ0) is 21.2. The second-order valence-electron chi connectivity index (χ2n) is 11.0. The van der Waals surface area contributed by atoms with Crippen LogP contribution < -0.4 is 5.32 Å². The number of likely N-dealkylation sites (tertiary alicyclic amines) is 1. The van der Waals surface area contributed by atoms with Crippen molar-refractivity contribution in [3.05, 3.63) is 0 Å². The molecule has 3 saturated carbocycles. The van der Waals surface area contributed by atoms with E-state index in [1.54, 1.807) is 20.8 Å². The monoisotopic (exact) mass is 406 g/mol. The number of hydrogen-bond donors (Lipinski definition) is 1. The molecule has 2 amide bonds. The first-order valence-corrected chi connectivity index (χ1v) is 11.0. The number of carbonyl (C=O) groups is 2. The highest BCUT2D eigenvalue weighted by molar-refractivity contribution is 6.48. The average Bonchev–Trinajstić information content (AvgIpc) is 3.20. The van der Waals surface area contributed by atoms with E-state index in [1.165, 1.54) is 6.42 Å². The van der Waals surface area contributed by atoms with E-state index >= 15 is 0 Å². The molecule has 1 N–H and O–H groups in total. The molecule has 0 spiro atoms. The predicted octanol–water partition coefficient (Wildman–Crippen LogP) is 2.77. The zero-order valence-corrected chi connectivity index (χ0v) is 18.6. The lowest BCUT2D eigenvalue weighted by Gasteiger charge is -2.64. The molecule has 5 unspecified atom stereocenters. The van der Waals surface area contributed by atoms with Gasteiger partial charge in [-0.1, -0.05) is 13.8 Å².